The van der Waals surface area contributed by atoms with Crippen molar-refractivity contribution in [3.05, 3.63) is 53.1 Å². The van der Waals surface area contributed by atoms with Crippen molar-refractivity contribution in [1.29, 1.82) is 0 Å². The molecule has 124 valence electrons. The molecule has 0 radical (unpaired) electrons. The second kappa shape index (κ2) is 6.74. The van der Waals surface area contributed by atoms with Crippen LogP contribution in [-0.4, -0.2) is 12.6 Å². The van der Waals surface area contributed by atoms with Gasteiger partial charge in [0.25, 0.3) is 0 Å². The van der Waals surface area contributed by atoms with Crippen LogP contribution in [0.5, 0.6) is 0 Å². The van der Waals surface area contributed by atoms with E-state index in [0.29, 0.717) is 6.61 Å². The van der Waals surface area contributed by atoms with Gasteiger partial charge in [0.1, 0.15) is 0 Å². The second-order valence-corrected chi connectivity index (χ2v) is 7.54. The lowest BCUT2D eigenvalue weighted by Crippen LogP contribution is -2.33. The highest BCUT2D eigenvalue weighted by Gasteiger charge is 2.36. The normalized spacial score (nSPS) is 19.0. The highest BCUT2D eigenvalue weighted by molar-refractivity contribution is 5.82. The van der Waals surface area contributed by atoms with Crippen molar-refractivity contribution in [2.75, 3.05) is 6.61 Å². The molecule has 0 atom stereocenters. The van der Waals surface area contributed by atoms with E-state index in [1.165, 1.54) is 35.6 Å². The van der Waals surface area contributed by atoms with Crippen LogP contribution in [0.25, 0.3) is 6.08 Å². The van der Waals surface area contributed by atoms with Crippen LogP contribution in [0.4, 0.5) is 0 Å². The molecule has 0 bridgehead atoms. The molecule has 0 heterocycles. The van der Waals surface area contributed by atoms with Gasteiger partial charge in [-0.15, -0.1) is 0 Å². The Labute approximate surface area is 140 Å². The van der Waals surface area contributed by atoms with Crippen LogP contribution in [0.3, 0.4) is 0 Å². The van der Waals surface area contributed by atoms with Crippen molar-refractivity contribution >= 4 is 12.0 Å². The number of carbonyl (C=O) groups excluding carboxylic acids is 1. The number of esters is 1. The van der Waals surface area contributed by atoms with Crippen molar-refractivity contribution < 1.29 is 9.53 Å². The first-order chi connectivity index (χ1) is 10.8. The highest BCUT2D eigenvalue weighted by atomic mass is 16.5. The minimum atomic E-state index is -0.300. The van der Waals surface area contributed by atoms with E-state index in [1.54, 1.807) is 13.0 Å². The van der Waals surface area contributed by atoms with Gasteiger partial charge in [-0.05, 0) is 47.3 Å². The molecule has 0 amide bonds. The zero-order valence-electron chi connectivity index (χ0n) is 15.0. The van der Waals surface area contributed by atoms with Crippen LogP contribution < -0.4 is 0 Å². The van der Waals surface area contributed by atoms with Gasteiger partial charge in [0.15, 0.2) is 0 Å². The summed E-state index contributed by atoms with van der Waals surface area (Å²) in [5.74, 6) is -0.300. The average Bonchev–Trinajstić information content (AvgIpc) is 2.49. The van der Waals surface area contributed by atoms with E-state index in [1.807, 2.05) is 12.2 Å². The first-order valence-electron chi connectivity index (χ1n) is 8.43. The fraction of sp³-hybridized carbons (Fsp3) is 0.476. The quantitative estimate of drug-likeness (QED) is 0.435. The number of hydrogen-bond donors (Lipinski definition) is 0. The summed E-state index contributed by atoms with van der Waals surface area (Å²) >= 11 is 0. The second-order valence-electron chi connectivity index (χ2n) is 7.54. The maximum atomic E-state index is 11.3. The number of fused-ring (bicyclic) bond motifs is 1. The maximum absolute atomic E-state index is 11.3. The molecule has 0 aromatic heterocycles. The Morgan fingerprint density at radius 2 is 1.74 bits per heavy atom. The number of carbonyl (C=O) groups is 1. The fourth-order valence-electron chi connectivity index (χ4n) is 3.20. The summed E-state index contributed by atoms with van der Waals surface area (Å²) in [6.45, 7) is 11.5. The largest absolute Gasteiger partial charge is 0.463 e. The van der Waals surface area contributed by atoms with Gasteiger partial charge in [0.05, 0.1) is 6.61 Å². The molecule has 2 rings (SSSR count). The van der Waals surface area contributed by atoms with Crippen LogP contribution in [0.1, 0.15) is 64.2 Å². The van der Waals surface area contributed by atoms with Gasteiger partial charge in [-0.2, -0.15) is 0 Å². The van der Waals surface area contributed by atoms with E-state index in [-0.39, 0.29) is 16.8 Å². The zero-order valence-corrected chi connectivity index (χ0v) is 15.0. The third kappa shape index (κ3) is 4.13. The summed E-state index contributed by atoms with van der Waals surface area (Å²) in [6.07, 6.45) is 9.54. The van der Waals surface area contributed by atoms with Crippen molar-refractivity contribution in [1.82, 2.24) is 0 Å². The van der Waals surface area contributed by atoms with Crippen molar-refractivity contribution in [3.63, 3.8) is 0 Å². The molecule has 1 aromatic rings. The smallest absolute Gasteiger partial charge is 0.330 e. The van der Waals surface area contributed by atoms with Gasteiger partial charge >= 0.3 is 5.97 Å². The molecule has 1 aliphatic rings. The number of hydrogen-bond acceptors (Lipinski definition) is 2. The predicted octanol–water partition coefficient (Wildman–Crippen LogP) is 5.17. The van der Waals surface area contributed by atoms with Crippen LogP contribution in [0, 0.1) is 0 Å². The zero-order chi connectivity index (χ0) is 17.1. The Morgan fingerprint density at radius 3 is 2.39 bits per heavy atom. The number of ether oxygens (including phenoxy) is 1. The van der Waals surface area contributed by atoms with Crippen LogP contribution in [-0.2, 0) is 20.4 Å². The van der Waals surface area contributed by atoms with Crippen molar-refractivity contribution in [2.24, 2.45) is 0 Å². The molecule has 0 saturated heterocycles. The van der Waals surface area contributed by atoms with Crippen LogP contribution in [0.15, 0.2) is 36.4 Å². The molecule has 0 spiro atoms. The summed E-state index contributed by atoms with van der Waals surface area (Å²) in [7, 11) is 0. The Hall–Kier alpha value is -1.83. The average molecular weight is 312 g/mol. The molecule has 1 aliphatic carbocycles. The van der Waals surface area contributed by atoms with Gasteiger partial charge in [0.2, 0.25) is 0 Å². The van der Waals surface area contributed by atoms with Crippen LogP contribution >= 0.6 is 0 Å². The van der Waals surface area contributed by atoms with Gasteiger partial charge < -0.3 is 4.74 Å². The summed E-state index contributed by atoms with van der Waals surface area (Å²) in [5, 5.41) is 0. The highest BCUT2D eigenvalue weighted by Crippen LogP contribution is 2.45. The number of allylic oxidation sites excluding steroid dienone is 2. The van der Waals surface area contributed by atoms with Crippen molar-refractivity contribution in [3.8, 4) is 0 Å². The predicted molar refractivity (Wildman–Crippen MR) is 96.5 cm³/mol. The minimum Gasteiger partial charge on any atom is -0.463 e. The van der Waals surface area contributed by atoms with E-state index >= 15 is 0 Å². The van der Waals surface area contributed by atoms with E-state index in [4.69, 9.17) is 4.74 Å². The molecular weight excluding hydrogens is 284 g/mol. The molecule has 1 aromatic carbocycles. The standard InChI is InChI=1S/C21H28O2/c1-6-23-19(22)10-8-7-9-16-11-12-17-18(15-16)21(4,5)14-13-20(17,2)3/h7-12,15H,6,13-14H2,1-5H3/b9-7+,10-8+. The van der Waals surface area contributed by atoms with E-state index in [9.17, 15) is 4.79 Å². The van der Waals surface area contributed by atoms with Gasteiger partial charge in [-0.3, -0.25) is 0 Å². The molecule has 0 saturated carbocycles. The summed E-state index contributed by atoms with van der Waals surface area (Å²) in [6, 6.07) is 6.73. The summed E-state index contributed by atoms with van der Waals surface area (Å²) in [5.41, 5.74) is 4.55. The lowest BCUT2D eigenvalue weighted by Gasteiger charge is -2.42. The first kappa shape index (κ1) is 17.5. The van der Waals surface area contributed by atoms with Crippen LogP contribution in [0.2, 0.25) is 0 Å². The summed E-state index contributed by atoms with van der Waals surface area (Å²) in [4.78, 5) is 11.3. The van der Waals surface area contributed by atoms with E-state index in [2.05, 4.69) is 45.9 Å². The first-order valence-corrected chi connectivity index (χ1v) is 8.43. The monoisotopic (exact) mass is 312 g/mol. The Bertz CT molecular complexity index is 633. The van der Waals surface area contributed by atoms with Crippen molar-refractivity contribution in [2.45, 2.75) is 58.3 Å². The molecular formula is C21H28O2. The van der Waals surface area contributed by atoms with E-state index < -0.39 is 0 Å². The topological polar surface area (TPSA) is 26.3 Å². The lowest BCUT2D eigenvalue weighted by molar-refractivity contribution is -0.137. The Morgan fingerprint density at radius 1 is 1.09 bits per heavy atom. The van der Waals surface area contributed by atoms with Gasteiger partial charge in [0, 0.05) is 6.08 Å². The maximum Gasteiger partial charge on any atom is 0.330 e. The molecule has 0 N–H and O–H groups in total. The molecule has 23 heavy (non-hydrogen) atoms. The lowest BCUT2D eigenvalue weighted by atomic mass is 9.63. The third-order valence-electron chi connectivity index (χ3n) is 4.80. The Balaban J connectivity index is 2.22. The molecule has 0 fully saturated rings. The molecule has 0 aliphatic heterocycles. The SMILES string of the molecule is CCOC(=O)/C=C/C=C/c1ccc2c(c1)C(C)(C)CCC2(C)C. The van der Waals surface area contributed by atoms with Gasteiger partial charge in [-0.1, -0.05) is 64.1 Å². The molecule has 2 heteroatoms. The number of benzene rings is 1. The Kier molecular flexibility index (Phi) is 5.13. The minimum absolute atomic E-state index is 0.218. The molecule has 2 nitrogen and oxygen atoms in total. The van der Waals surface area contributed by atoms with E-state index in [0.717, 1.165) is 0 Å². The van der Waals surface area contributed by atoms with Gasteiger partial charge in [-0.25, -0.2) is 4.79 Å². The summed E-state index contributed by atoms with van der Waals surface area (Å²) < 4.78 is 4.86. The fourth-order valence-corrected chi connectivity index (χ4v) is 3.20. The number of rotatable bonds is 4. The molecule has 0 unspecified atom stereocenters. The third-order valence-corrected chi connectivity index (χ3v) is 4.80.